The number of hydrogen-bond acceptors (Lipinski definition) is 1. The van der Waals surface area contributed by atoms with E-state index in [-0.39, 0.29) is 5.91 Å². The van der Waals surface area contributed by atoms with Crippen molar-refractivity contribution in [3.8, 4) is 0 Å². The maximum absolute atomic E-state index is 11.8. The third kappa shape index (κ3) is 6.06. The molecule has 1 aromatic rings. The fourth-order valence-electron chi connectivity index (χ4n) is 1.84. The summed E-state index contributed by atoms with van der Waals surface area (Å²) in [5.41, 5.74) is 0.633. The Labute approximate surface area is 115 Å². The van der Waals surface area contributed by atoms with Gasteiger partial charge < -0.3 is 5.32 Å². The molecule has 1 N–H and O–H groups in total. The SMILES string of the molecule is CCCCCCCCNC(=O)c1cccc(Cl)c1. The molecule has 0 aliphatic carbocycles. The minimum absolute atomic E-state index is 0.0361. The summed E-state index contributed by atoms with van der Waals surface area (Å²) in [6.07, 6.45) is 7.39. The zero-order valence-electron chi connectivity index (χ0n) is 11.0. The summed E-state index contributed by atoms with van der Waals surface area (Å²) in [4.78, 5) is 11.8. The smallest absolute Gasteiger partial charge is 0.251 e. The molecular weight excluding hydrogens is 246 g/mol. The zero-order chi connectivity index (χ0) is 13.2. The van der Waals surface area contributed by atoms with E-state index in [9.17, 15) is 4.79 Å². The van der Waals surface area contributed by atoms with Crippen LogP contribution in [0.1, 0.15) is 55.8 Å². The Morgan fingerprint density at radius 1 is 1.17 bits per heavy atom. The predicted octanol–water partition coefficient (Wildman–Crippen LogP) is 4.43. The zero-order valence-corrected chi connectivity index (χ0v) is 11.8. The highest BCUT2D eigenvalue weighted by atomic mass is 35.5. The van der Waals surface area contributed by atoms with Crippen molar-refractivity contribution in [2.75, 3.05) is 6.54 Å². The van der Waals surface area contributed by atoms with Crippen molar-refractivity contribution in [1.29, 1.82) is 0 Å². The standard InChI is InChI=1S/C15H22ClNO/c1-2-3-4-5-6-7-11-17-15(18)13-9-8-10-14(16)12-13/h8-10,12H,2-7,11H2,1H3,(H,17,18). The lowest BCUT2D eigenvalue weighted by Crippen LogP contribution is -2.24. The van der Waals surface area contributed by atoms with Crippen LogP contribution in [0, 0.1) is 0 Å². The first-order valence-electron chi connectivity index (χ1n) is 6.78. The highest BCUT2D eigenvalue weighted by Crippen LogP contribution is 2.10. The second-order valence-electron chi connectivity index (χ2n) is 4.53. The van der Waals surface area contributed by atoms with Crippen LogP contribution in [0.15, 0.2) is 24.3 Å². The molecule has 1 rings (SSSR count). The molecule has 0 aromatic heterocycles. The molecule has 0 saturated heterocycles. The first-order valence-corrected chi connectivity index (χ1v) is 7.15. The van der Waals surface area contributed by atoms with Crippen molar-refractivity contribution in [3.05, 3.63) is 34.9 Å². The minimum atomic E-state index is -0.0361. The molecule has 2 nitrogen and oxygen atoms in total. The minimum Gasteiger partial charge on any atom is -0.352 e. The monoisotopic (exact) mass is 267 g/mol. The van der Waals surface area contributed by atoms with Gasteiger partial charge in [-0.3, -0.25) is 4.79 Å². The summed E-state index contributed by atoms with van der Waals surface area (Å²) in [6.45, 7) is 2.96. The lowest BCUT2D eigenvalue weighted by atomic mass is 10.1. The highest BCUT2D eigenvalue weighted by Gasteiger charge is 2.04. The van der Waals surface area contributed by atoms with E-state index in [1.807, 2.05) is 0 Å². The second kappa shape index (κ2) is 8.98. The lowest BCUT2D eigenvalue weighted by molar-refractivity contribution is 0.0953. The van der Waals surface area contributed by atoms with E-state index in [2.05, 4.69) is 12.2 Å². The van der Waals surface area contributed by atoms with Crippen LogP contribution in [-0.2, 0) is 0 Å². The summed E-state index contributed by atoms with van der Waals surface area (Å²) in [7, 11) is 0. The van der Waals surface area contributed by atoms with Gasteiger partial charge in [0.1, 0.15) is 0 Å². The Hall–Kier alpha value is -1.02. The van der Waals surface area contributed by atoms with Crippen LogP contribution in [0.5, 0.6) is 0 Å². The molecule has 0 aliphatic heterocycles. The number of rotatable bonds is 8. The van der Waals surface area contributed by atoms with Gasteiger partial charge in [-0.15, -0.1) is 0 Å². The van der Waals surface area contributed by atoms with Crippen LogP contribution < -0.4 is 5.32 Å². The van der Waals surface area contributed by atoms with Crippen LogP contribution in [0.3, 0.4) is 0 Å². The Kier molecular flexibility index (Phi) is 7.51. The van der Waals surface area contributed by atoms with Crippen molar-refractivity contribution in [3.63, 3.8) is 0 Å². The van der Waals surface area contributed by atoms with Gasteiger partial charge in [-0.1, -0.05) is 56.7 Å². The molecule has 3 heteroatoms. The fraction of sp³-hybridized carbons (Fsp3) is 0.533. The number of benzene rings is 1. The largest absolute Gasteiger partial charge is 0.352 e. The van der Waals surface area contributed by atoms with E-state index in [4.69, 9.17) is 11.6 Å². The van der Waals surface area contributed by atoms with Crippen molar-refractivity contribution in [1.82, 2.24) is 5.32 Å². The predicted molar refractivity (Wildman–Crippen MR) is 77.2 cm³/mol. The number of amides is 1. The summed E-state index contributed by atoms with van der Waals surface area (Å²) in [5, 5.41) is 3.52. The first kappa shape index (κ1) is 15.0. The molecule has 0 fully saturated rings. The van der Waals surface area contributed by atoms with Gasteiger partial charge in [0.15, 0.2) is 0 Å². The van der Waals surface area contributed by atoms with Crippen LogP contribution in [-0.4, -0.2) is 12.5 Å². The summed E-state index contributed by atoms with van der Waals surface area (Å²) >= 11 is 5.84. The van der Waals surface area contributed by atoms with E-state index >= 15 is 0 Å². The van der Waals surface area contributed by atoms with Gasteiger partial charge >= 0.3 is 0 Å². The van der Waals surface area contributed by atoms with E-state index < -0.39 is 0 Å². The number of halogens is 1. The Bertz CT molecular complexity index is 365. The van der Waals surface area contributed by atoms with Crippen LogP contribution in [0.4, 0.5) is 0 Å². The highest BCUT2D eigenvalue weighted by molar-refractivity contribution is 6.30. The molecule has 0 unspecified atom stereocenters. The quantitative estimate of drug-likeness (QED) is 0.694. The Morgan fingerprint density at radius 3 is 2.61 bits per heavy atom. The van der Waals surface area contributed by atoms with E-state index in [1.54, 1.807) is 24.3 Å². The number of unbranched alkanes of at least 4 members (excludes halogenated alkanes) is 5. The van der Waals surface area contributed by atoms with Crippen LogP contribution >= 0.6 is 11.6 Å². The van der Waals surface area contributed by atoms with Crippen molar-refractivity contribution >= 4 is 17.5 Å². The molecule has 0 heterocycles. The maximum atomic E-state index is 11.8. The molecule has 100 valence electrons. The molecule has 0 bridgehead atoms. The second-order valence-corrected chi connectivity index (χ2v) is 4.97. The van der Waals surface area contributed by atoms with Gasteiger partial charge in [-0.05, 0) is 24.6 Å². The van der Waals surface area contributed by atoms with Crippen LogP contribution in [0.2, 0.25) is 5.02 Å². The molecule has 0 atom stereocenters. The van der Waals surface area contributed by atoms with E-state index in [1.165, 1.54) is 32.1 Å². The lowest BCUT2D eigenvalue weighted by Gasteiger charge is -2.05. The average Bonchev–Trinajstić information content (AvgIpc) is 2.37. The normalized spacial score (nSPS) is 10.3. The Balaban J connectivity index is 2.14. The van der Waals surface area contributed by atoms with E-state index in [0.717, 1.165) is 13.0 Å². The number of carbonyl (C=O) groups excluding carboxylic acids is 1. The molecular formula is C15H22ClNO. The molecule has 18 heavy (non-hydrogen) atoms. The first-order chi connectivity index (χ1) is 8.74. The van der Waals surface area contributed by atoms with Gasteiger partial charge in [0.05, 0.1) is 0 Å². The number of carbonyl (C=O) groups is 1. The molecule has 0 spiro atoms. The fourth-order valence-corrected chi connectivity index (χ4v) is 2.03. The topological polar surface area (TPSA) is 29.1 Å². The third-order valence-electron chi connectivity index (χ3n) is 2.90. The number of nitrogens with one attached hydrogen (secondary N) is 1. The summed E-state index contributed by atoms with van der Waals surface area (Å²) < 4.78 is 0. The molecule has 0 aliphatic rings. The van der Waals surface area contributed by atoms with E-state index in [0.29, 0.717) is 10.6 Å². The van der Waals surface area contributed by atoms with Gasteiger partial charge in [-0.2, -0.15) is 0 Å². The number of hydrogen-bond donors (Lipinski definition) is 1. The maximum Gasteiger partial charge on any atom is 0.251 e. The van der Waals surface area contributed by atoms with Crippen molar-refractivity contribution < 1.29 is 4.79 Å². The molecule has 1 aromatic carbocycles. The van der Waals surface area contributed by atoms with Crippen molar-refractivity contribution in [2.24, 2.45) is 0 Å². The van der Waals surface area contributed by atoms with Gasteiger partial charge in [0, 0.05) is 17.1 Å². The van der Waals surface area contributed by atoms with Crippen molar-refractivity contribution in [2.45, 2.75) is 45.4 Å². The molecule has 1 amide bonds. The molecule has 0 radical (unpaired) electrons. The van der Waals surface area contributed by atoms with Gasteiger partial charge in [0.25, 0.3) is 5.91 Å². The summed E-state index contributed by atoms with van der Waals surface area (Å²) in [5.74, 6) is -0.0361. The van der Waals surface area contributed by atoms with Crippen LogP contribution in [0.25, 0.3) is 0 Å². The Morgan fingerprint density at radius 2 is 1.89 bits per heavy atom. The molecule has 0 saturated carbocycles. The average molecular weight is 268 g/mol. The third-order valence-corrected chi connectivity index (χ3v) is 3.14. The summed E-state index contributed by atoms with van der Waals surface area (Å²) in [6, 6.07) is 7.04. The van der Waals surface area contributed by atoms with Gasteiger partial charge in [-0.25, -0.2) is 0 Å². The van der Waals surface area contributed by atoms with Gasteiger partial charge in [0.2, 0.25) is 0 Å².